The van der Waals surface area contributed by atoms with Gasteiger partial charge in [-0.3, -0.25) is 15.0 Å². The summed E-state index contributed by atoms with van der Waals surface area (Å²) in [5.74, 6) is -5.71. The summed E-state index contributed by atoms with van der Waals surface area (Å²) in [7, 11) is 4.17. The van der Waals surface area contributed by atoms with Crippen LogP contribution in [0, 0.1) is 5.41 Å². The molecule has 1 saturated heterocycles. The zero-order valence-corrected chi connectivity index (χ0v) is 25.0. The topological polar surface area (TPSA) is 186 Å². The Balaban J connectivity index is 0.000000629. The Bertz CT molecular complexity index is 1330. The van der Waals surface area contributed by atoms with Gasteiger partial charge in [-0.15, -0.1) is 0 Å². The monoisotopic (exact) mass is 663 g/mol. The van der Waals surface area contributed by atoms with E-state index in [4.69, 9.17) is 30.9 Å². The Morgan fingerprint density at radius 1 is 1.00 bits per heavy atom. The van der Waals surface area contributed by atoms with Gasteiger partial charge in [-0.25, -0.2) is 4.79 Å². The fourth-order valence-electron chi connectivity index (χ4n) is 4.29. The molecule has 0 bridgehead atoms. The Labute approximate surface area is 260 Å². The average Bonchev–Trinajstić information content (AvgIpc) is 2.96. The number of quaternary nitrogens is 1. The molecular weight excluding hydrogens is 628 g/mol. The summed E-state index contributed by atoms with van der Waals surface area (Å²) in [6.07, 6.45) is -8.47. The van der Waals surface area contributed by atoms with Crippen LogP contribution < -0.4 is 21.5 Å². The molecule has 6 N–H and O–H groups in total. The van der Waals surface area contributed by atoms with Crippen LogP contribution in [0.15, 0.2) is 54.6 Å². The summed E-state index contributed by atoms with van der Waals surface area (Å²) in [4.78, 5) is 43.4. The zero-order valence-electron chi connectivity index (χ0n) is 25.0. The maximum Gasteiger partial charge on any atom is 0.490 e. The SMILES string of the molecule is C[C@H](NC(=O)[C@H]1C[C@@H](c2ccccc2)CC[N+]1(C)C)C(=O)NCc1ccc(C(=N)N)cc1.O=C(O)C(F)(F)F.O=C([O-])C(F)(F)F. The van der Waals surface area contributed by atoms with Gasteiger partial charge in [0.1, 0.15) is 17.8 Å². The predicted molar refractivity (Wildman–Crippen MR) is 151 cm³/mol. The van der Waals surface area contributed by atoms with Gasteiger partial charge < -0.3 is 35.9 Å². The number of carbonyl (C=O) groups excluding carboxylic acids is 3. The number of carboxylic acids is 2. The van der Waals surface area contributed by atoms with Gasteiger partial charge in [0.05, 0.1) is 20.6 Å². The molecule has 2 aromatic rings. The van der Waals surface area contributed by atoms with Gasteiger partial charge in [0.25, 0.3) is 5.91 Å². The number of hydrogen-bond acceptors (Lipinski definition) is 6. The molecule has 1 aliphatic heterocycles. The maximum absolute atomic E-state index is 13.1. The molecular formula is C29H35F6N5O6. The molecule has 1 aliphatic rings. The standard InChI is InChI=1S/C25H33N5O2.2C2HF3O2/c1-17(24(31)28-16-18-9-11-20(12-10-18)23(26)27)29-25(32)22-15-21(13-14-30(22,2)3)19-7-5-4-6-8-19;2*3-2(4,5)1(6)7/h4-12,17,21-22H,13-16H2,1-3H3,(H4-,26,27,28,29,31,32);2*(H,6,7)/t17-,21-,22+;;/m0../s1. The van der Waals surface area contributed by atoms with Crippen molar-refractivity contribution < 1.29 is 60.2 Å². The number of carbonyl (C=O) groups is 4. The normalized spacial score (nSPS) is 17.8. The molecule has 2 aromatic carbocycles. The number of rotatable bonds is 7. The van der Waals surface area contributed by atoms with Crippen LogP contribution in [0.5, 0.6) is 0 Å². The van der Waals surface area contributed by atoms with E-state index in [1.165, 1.54) is 5.56 Å². The molecule has 11 nitrogen and oxygen atoms in total. The lowest BCUT2D eigenvalue weighted by molar-refractivity contribution is -0.911. The second-order valence-electron chi connectivity index (χ2n) is 10.8. The number of hydrogen-bond donors (Lipinski definition) is 5. The van der Waals surface area contributed by atoms with E-state index in [0.717, 1.165) is 24.9 Å². The third kappa shape index (κ3) is 13.1. The molecule has 46 heavy (non-hydrogen) atoms. The van der Waals surface area contributed by atoms with Crippen molar-refractivity contribution in [3.05, 3.63) is 71.3 Å². The van der Waals surface area contributed by atoms with Gasteiger partial charge in [-0.1, -0.05) is 54.6 Å². The minimum Gasteiger partial charge on any atom is -0.542 e. The Kier molecular flexibility index (Phi) is 14.2. The minimum absolute atomic E-state index is 0.00969. The molecule has 0 aliphatic carbocycles. The van der Waals surface area contributed by atoms with Crippen molar-refractivity contribution in [2.24, 2.45) is 5.73 Å². The van der Waals surface area contributed by atoms with Gasteiger partial charge in [-0.05, 0) is 24.0 Å². The summed E-state index contributed by atoms with van der Waals surface area (Å²) in [5.41, 5.74) is 8.28. The fourth-order valence-corrected chi connectivity index (χ4v) is 4.29. The summed E-state index contributed by atoms with van der Waals surface area (Å²) in [6, 6.07) is 16.7. The Morgan fingerprint density at radius 2 is 1.50 bits per heavy atom. The first-order valence-electron chi connectivity index (χ1n) is 13.5. The lowest BCUT2D eigenvalue weighted by Crippen LogP contribution is -2.61. The molecule has 0 unspecified atom stereocenters. The van der Waals surface area contributed by atoms with Gasteiger partial charge in [0.2, 0.25) is 5.91 Å². The van der Waals surface area contributed by atoms with E-state index in [-0.39, 0.29) is 23.7 Å². The van der Waals surface area contributed by atoms with Crippen molar-refractivity contribution in [3.63, 3.8) is 0 Å². The second-order valence-corrected chi connectivity index (χ2v) is 10.8. The third-order valence-electron chi connectivity index (χ3n) is 6.94. The summed E-state index contributed by atoms with van der Waals surface area (Å²) >= 11 is 0. The van der Waals surface area contributed by atoms with E-state index >= 15 is 0 Å². The van der Waals surface area contributed by atoms with E-state index in [2.05, 4.69) is 36.9 Å². The quantitative estimate of drug-likeness (QED) is 0.130. The van der Waals surface area contributed by atoms with Crippen LogP contribution in [0.2, 0.25) is 0 Å². The summed E-state index contributed by atoms with van der Waals surface area (Å²) in [5, 5.41) is 29.1. The van der Waals surface area contributed by atoms with Crippen molar-refractivity contribution >= 4 is 29.6 Å². The zero-order chi connectivity index (χ0) is 35.5. The van der Waals surface area contributed by atoms with Crippen LogP contribution in [0.1, 0.15) is 42.4 Å². The van der Waals surface area contributed by atoms with Crippen molar-refractivity contribution in [2.45, 2.75) is 56.7 Å². The number of halogens is 6. The number of likely N-dealkylation sites (N-methyl/N-ethyl adjacent to an activating group) is 1. The van der Waals surface area contributed by atoms with E-state index in [1.54, 1.807) is 19.1 Å². The summed E-state index contributed by atoms with van der Waals surface area (Å²) in [6.45, 7) is 2.97. The van der Waals surface area contributed by atoms with Gasteiger partial charge in [0, 0.05) is 24.9 Å². The molecule has 0 aromatic heterocycles. The number of aliphatic carboxylic acids is 2. The number of likely N-dealkylation sites (tertiary alicyclic amines) is 1. The highest BCUT2D eigenvalue weighted by Gasteiger charge is 2.42. The fraction of sp³-hybridized carbons (Fsp3) is 0.414. The van der Waals surface area contributed by atoms with Crippen molar-refractivity contribution in [1.29, 1.82) is 5.41 Å². The van der Waals surface area contributed by atoms with E-state index in [0.29, 0.717) is 22.5 Å². The predicted octanol–water partition coefficient (Wildman–Crippen LogP) is 2.05. The number of amides is 2. The lowest BCUT2D eigenvalue weighted by atomic mass is 9.84. The third-order valence-corrected chi connectivity index (χ3v) is 6.94. The van der Waals surface area contributed by atoms with Gasteiger partial charge in [-0.2, -0.15) is 26.3 Å². The molecule has 3 atom stereocenters. The summed E-state index contributed by atoms with van der Waals surface area (Å²) < 4.78 is 63.9. The first-order valence-corrected chi connectivity index (χ1v) is 13.5. The molecule has 2 amide bonds. The van der Waals surface area contributed by atoms with Gasteiger partial charge in [0.15, 0.2) is 6.04 Å². The van der Waals surface area contributed by atoms with Crippen LogP contribution in [-0.4, -0.2) is 84.3 Å². The largest absolute Gasteiger partial charge is 0.542 e. The van der Waals surface area contributed by atoms with Crippen LogP contribution >= 0.6 is 0 Å². The van der Waals surface area contributed by atoms with Crippen molar-refractivity contribution in [1.82, 2.24) is 10.6 Å². The number of nitrogens with one attached hydrogen (secondary N) is 3. The molecule has 0 saturated carbocycles. The first kappa shape index (κ1) is 39.4. The molecule has 0 radical (unpaired) electrons. The molecule has 1 heterocycles. The van der Waals surface area contributed by atoms with Crippen LogP contribution in [0.4, 0.5) is 26.3 Å². The first-order chi connectivity index (χ1) is 21.1. The van der Waals surface area contributed by atoms with Crippen LogP contribution in [0.25, 0.3) is 0 Å². The molecule has 3 rings (SSSR count). The van der Waals surface area contributed by atoms with Crippen molar-refractivity contribution in [3.8, 4) is 0 Å². The lowest BCUT2D eigenvalue weighted by Gasteiger charge is -2.43. The Morgan fingerprint density at radius 3 is 1.93 bits per heavy atom. The smallest absolute Gasteiger partial charge is 0.490 e. The van der Waals surface area contributed by atoms with E-state index < -0.39 is 30.3 Å². The average molecular weight is 664 g/mol. The number of piperidine rings is 1. The Hall–Kier alpha value is -4.67. The number of nitrogens with two attached hydrogens (primary N) is 1. The highest BCUT2D eigenvalue weighted by atomic mass is 19.4. The number of nitrogens with zero attached hydrogens (tertiary/aromatic N) is 1. The highest BCUT2D eigenvalue weighted by molar-refractivity contribution is 5.95. The van der Waals surface area contributed by atoms with Crippen LogP contribution in [-0.2, 0) is 25.7 Å². The number of carboxylic acid groups (broad SMARTS) is 2. The molecule has 1 fully saturated rings. The van der Waals surface area contributed by atoms with Crippen LogP contribution in [0.3, 0.4) is 0 Å². The number of alkyl halides is 6. The van der Waals surface area contributed by atoms with E-state index in [1.807, 2.05) is 30.3 Å². The highest BCUT2D eigenvalue weighted by Crippen LogP contribution is 2.34. The molecule has 254 valence electrons. The number of amidine groups is 1. The second kappa shape index (κ2) is 16.6. The van der Waals surface area contributed by atoms with Gasteiger partial charge >= 0.3 is 18.3 Å². The minimum atomic E-state index is -5.19. The number of benzene rings is 2. The maximum atomic E-state index is 13.1. The van der Waals surface area contributed by atoms with E-state index in [9.17, 15) is 35.9 Å². The van der Waals surface area contributed by atoms with Crippen molar-refractivity contribution in [2.75, 3.05) is 20.6 Å². The molecule has 0 spiro atoms. The molecule has 17 heteroatoms. The number of nitrogen functional groups attached to an aromatic ring is 1.